The zero-order valence-corrected chi connectivity index (χ0v) is 13.1. The van der Waals surface area contributed by atoms with Gasteiger partial charge in [0.05, 0.1) is 11.5 Å². The van der Waals surface area contributed by atoms with Crippen LogP contribution in [0.1, 0.15) is 37.2 Å². The molecule has 1 fully saturated rings. The van der Waals surface area contributed by atoms with Gasteiger partial charge in [0.25, 0.3) is 0 Å². The summed E-state index contributed by atoms with van der Waals surface area (Å²) in [7, 11) is -2.84. The van der Waals surface area contributed by atoms with Gasteiger partial charge in [0.2, 0.25) is 0 Å². The van der Waals surface area contributed by atoms with Gasteiger partial charge in [0.15, 0.2) is 9.84 Å². The minimum absolute atomic E-state index is 0.256. The third-order valence-corrected chi connectivity index (χ3v) is 6.11. The van der Waals surface area contributed by atoms with E-state index < -0.39 is 9.84 Å². The molecule has 0 amide bonds. The molecule has 5 heteroatoms. The standard InChI is InChI=1S/C14H24N2O2S/c1-5-16-11(2)8-13(12(16)3)9-15-14(4)6-7-19(17,18)10-14/h8,15H,5-7,9-10H2,1-4H3. The smallest absolute Gasteiger partial charge is 0.152 e. The Morgan fingerprint density at radius 1 is 1.42 bits per heavy atom. The van der Waals surface area contributed by atoms with E-state index in [1.54, 1.807) is 0 Å². The Kier molecular flexibility index (Phi) is 3.80. The van der Waals surface area contributed by atoms with E-state index >= 15 is 0 Å². The van der Waals surface area contributed by atoms with Crippen molar-refractivity contribution < 1.29 is 8.42 Å². The molecule has 4 nitrogen and oxygen atoms in total. The molecule has 0 radical (unpaired) electrons. The van der Waals surface area contributed by atoms with Gasteiger partial charge in [-0.3, -0.25) is 0 Å². The van der Waals surface area contributed by atoms with Crippen molar-refractivity contribution in [3.8, 4) is 0 Å². The number of hydrogen-bond donors (Lipinski definition) is 1. The lowest BCUT2D eigenvalue weighted by Gasteiger charge is -2.24. The van der Waals surface area contributed by atoms with Crippen LogP contribution < -0.4 is 5.32 Å². The van der Waals surface area contributed by atoms with E-state index in [1.165, 1.54) is 17.0 Å². The maximum absolute atomic E-state index is 11.6. The van der Waals surface area contributed by atoms with Crippen LogP contribution in [0.15, 0.2) is 6.07 Å². The van der Waals surface area contributed by atoms with Gasteiger partial charge in [-0.25, -0.2) is 8.42 Å². The number of rotatable bonds is 4. The molecule has 1 N–H and O–H groups in total. The highest BCUT2D eigenvalue weighted by Crippen LogP contribution is 2.24. The molecule has 2 heterocycles. The molecule has 2 rings (SSSR count). The van der Waals surface area contributed by atoms with Gasteiger partial charge in [-0.1, -0.05) is 0 Å². The molecular weight excluding hydrogens is 260 g/mol. The molecule has 0 aliphatic carbocycles. The van der Waals surface area contributed by atoms with Crippen LogP contribution in [-0.4, -0.2) is 30.0 Å². The van der Waals surface area contributed by atoms with Gasteiger partial charge >= 0.3 is 0 Å². The fourth-order valence-corrected chi connectivity index (χ4v) is 5.12. The summed E-state index contributed by atoms with van der Waals surface area (Å²) in [5.41, 5.74) is 3.54. The largest absolute Gasteiger partial charge is 0.349 e. The number of sulfone groups is 1. The van der Waals surface area contributed by atoms with Crippen molar-refractivity contribution in [2.45, 2.75) is 52.7 Å². The van der Waals surface area contributed by atoms with Crippen molar-refractivity contribution >= 4 is 9.84 Å². The molecule has 0 spiro atoms. The van der Waals surface area contributed by atoms with Crippen molar-refractivity contribution in [2.24, 2.45) is 0 Å². The number of aryl methyl sites for hydroxylation is 1. The molecule has 19 heavy (non-hydrogen) atoms. The summed E-state index contributed by atoms with van der Waals surface area (Å²) in [5, 5.41) is 3.44. The number of hydrogen-bond acceptors (Lipinski definition) is 3. The molecule has 1 aromatic heterocycles. The van der Waals surface area contributed by atoms with Crippen molar-refractivity contribution in [2.75, 3.05) is 11.5 Å². The van der Waals surface area contributed by atoms with Crippen molar-refractivity contribution in [1.82, 2.24) is 9.88 Å². The lowest BCUT2D eigenvalue weighted by Crippen LogP contribution is -2.42. The first-order chi connectivity index (χ1) is 8.76. The number of nitrogens with one attached hydrogen (secondary N) is 1. The molecule has 1 atom stereocenters. The van der Waals surface area contributed by atoms with Crippen molar-refractivity contribution in [1.29, 1.82) is 0 Å². The van der Waals surface area contributed by atoms with Crippen LogP contribution in [0.2, 0.25) is 0 Å². The predicted molar refractivity (Wildman–Crippen MR) is 78.1 cm³/mol. The summed E-state index contributed by atoms with van der Waals surface area (Å²) in [6.45, 7) is 10.1. The lowest BCUT2D eigenvalue weighted by atomic mass is 10.0. The molecule has 0 saturated carbocycles. The molecule has 1 saturated heterocycles. The summed E-state index contributed by atoms with van der Waals surface area (Å²) >= 11 is 0. The first kappa shape index (κ1) is 14.6. The molecule has 1 aliphatic heterocycles. The van der Waals surface area contributed by atoms with Crippen molar-refractivity contribution in [3.05, 3.63) is 23.0 Å². The summed E-state index contributed by atoms with van der Waals surface area (Å²) in [4.78, 5) is 0. The van der Waals surface area contributed by atoms with Gasteiger partial charge < -0.3 is 9.88 Å². The van der Waals surface area contributed by atoms with Crippen LogP contribution in [0.3, 0.4) is 0 Å². The quantitative estimate of drug-likeness (QED) is 0.917. The molecule has 1 unspecified atom stereocenters. The van der Waals surface area contributed by atoms with Crippen LogP contribution in [-0.2, 0) is 22.9 Å². The number of nitrogens with zero attached hydrogens (tertiary/aromatic N) is 1. The Hall–Kier alpha value is -0.810. The highest BCUT2D eigenvalue weighted by Gasteiger charge is 2.37. The van der Waals surface area contributed by atoms with Gasteiger partial charge in [0, 0.05) is 30.0 Å². The molecule has 1 aromatic rings. The van der Waals surface area contributed by atoms with E-state index in [0.29, 0.717) is 12.2 Å². The lowest BCUT2D eigenvalue weighted by molar-refractivity contribution is 0.395. The molecule has 0 aromatic carbocycles. The topological polar surface area (TPSA) is 51.1 Å². The third-order valence-electron chi connectivity index (χ3n) is 4.20. The van der Waals surface area contributed by atoms with Crippen LogP contribution in [0.5, 0.6) is 0 Å². The van der Waals surface area contributed by atoms with Crippen LogP contribution in [0.25, 0.3) is 0 Å². The van der Waals surface area contributed by atoms with E-state index in [2.05, 4.69) is 36.7 Å². The Bertz CT molecular complexity index is 575. The van der Waals surface area contributed by atoms with E-state index in [0.717, 1.165) is 13.1 Å². The fraction of sp³-hybridized carbons (Fsp3) is 0.714. The highest BCUT2D eigenvalue weighted by molar-refractivity contribution is 7.91. The minimum Gasteiger partial charge on any atom is -0.349 e. The molecule has 1 aliphatic rings. The first-order valence-corrected chi connectivity index (χ1v) is 8.69. The summed E-state index contributed by atoms with van der Waals surface area (Å²) in [6, 6.07) is 2.19. The minimum atomic E-state index is -2.84. The van der Waals surface area contributed by atoms with E-state index in [-0.39, 0.29) is 11.3 Å². The third kappa shape index (κ3) is 3.03. The SMILES string of the molecule is CCn1c(C)cc(CNC2(C)CCS(=O)(=O)C2)c1C. The predicted octanol–water partition coefficient (Wildman–Crippen LogP) is 1.79. The highest BCUT2D eigenvalue weighted by atomic mass is 32.2. The fourth-order valence-electron chi connectivity index (χ4n) is 3.00. The van der Waals surface area contributed by atoms with Crippen molar-refractivity contribution in [3.63, 3.8) is 0 Å². The van der Waals surface area contributed by atoms with Gasteiger partial charge in [-0.05, 0) is 45.7 Å². The molecule has 0 bridgehead atoms. The van der Waals surface area contributed by atoms with Crippen LogP contribution >= 0.6 is 0 Å². The Morgan fingerprint density at radius 2 is 2.11 bits per heavy atom. The Balaban J connectivity index is 2.08. The maximum atomic E-state index is 11.6. The Morgan fingerprint density at radius 3 is 2.58 bits per heavy atom. The average molecular weight is 284 g/mol. The summed E-state index contributed by atoms with van der Waals surface area (Å²) < 4.78 is 25.5. The molecule has 108 valence electrons. The number of aromatic nitrogens is 1. The van der Waals surface area contributed by atoms with Crippen LogP contribution in [0, 0.1) is 13.8 Å². The monoisotopic (exact) mass is 284 g/mol. The zero-order chi connectivity index (χ0) is 14.3. The molecular formula is C14H24N2O2S. The Labute approximate surface area is 116 Å². The normalized spacial score (nSPS) is 25.9. The summed E-state index contributed by atoms with van der Waals surface area (Å²) in [6.07, 6.45) is 0.710. The second-order valence-corrected chi connectivity index (χ2v) is 8.08. The van der Waals surface area contributed by atoms with E-state index in [1.807, 2.05) is 6.92 Å². The summed E-state index contributed by atoms with van der Waals surface area (Å²) in [5.74, 6) is 0.566. The van der Waals surface area contributed by atoms with Gasteiger partial charge in [-0.2, -0.15) is 0 Å². The maximum Gasteiger partial charge on any atom is 0.152 e. The second kappa shape index (κ2) is 4.94. The van der Waals surface area contributed by atoms with E-state index in [4.69, 9.17) is 0 Å². The second-order valence-electron chi connectivity index (χ2n) is 5.90. The van der Waals surface area contributed by atoms with Gasteiger partial charge in [0.1, 0.15) is 0 Å². The first-order valence-electron chi connectivity index (χ1n) is 6.87. The van der Waals surface area contributed by atoms with E-state index in [9.17, 15) is 8.42 Å². The zero-order valence-electron chi connectivity index (χ0n) is 12.3. The average Bonchev–Trinajstić information content (AvgIpc) is 2.74. The van der Waals surface area contributed by atoms with Gasteiger partial charge in [-0.15, -0.1) is 0 Å². The van der Waals surface area contributed by atoms with Crippen LogP contribution in [0.4, 0.5) is 0 Å².